The zero-order valence-corrected chi connectivity index (χ0v) is 11.6. The second kappa shape index (κ2) is 6.15. The fourth-order valence-electron chi connectivity index (χ4n) is 2.43. The van der Waals surface area contributed by atoms with Crippen molar-refractivity contribution in [2.75, 3.05) is 12.3 Å². The molecule has 0 aromatic carbocycles. The van der Waals surface area contributed by atoms with Crippen LogP contribution in [0.2, 0.25) is 0 Å². The topological polar surface area (TPSA) is 12.0 Å². The van der Waals surface area contributed by atoms with Crippen molar-refractivity contribution in [1.29, 1.82) is 0 Å². The van der Waals surface area contributed by atoms with Gasteiger partial charge in [0.2, 0.25) is 0 Å². The number of hydrogen-bond donors (Lipinski definition) is 1. The van der Waals surface area contributed by atoms with Crippen molar-refractivity contribution in [2.24, 2.45) is 5.92 Å². The maximum absolute atomic E-state index is 3.63. The van der Waals surface area contributed by atoms with Crippen LogP contribution in [-0.4, -0.2) is 23.1 Å². The monoisotopic (exact) mass is 229 g/mol. The number of hydrogen-bond acceptors (Lipinski definition) is 2. The van der Waals surface area contributed by atoms with Crippen LogP contribution < -0.4 is 5.32 Å². The van der Waals surface area contributed by atoms with E-state index in [0.717, 1.165) is 18.5 Å². The summed E-state index contributed by atoms with van der Waals surface area (Å²) in [5, 5.41) is 3.63. The first-order chi connectivity index (χ1) is 7.03. The summed E-state index contributed by atoms with van der Waals surface area (Å²) in [6, 6.07) is 0.815. The van der Waals surface area contributed by atoms with Crippen LogP contribution in [0.15, 0.2) is 0 Å². The molecular weight excluding hydrogens is 202 g/mol. The summed E-state index contributed by atoms with van der Waals surface area (Å²) >= 11 is 2.11. The third-order valence-corrected chi connectivity index (χ3v) is 4.45. The summed E-state index contributed by atoms with van der Waals surface area (Å²) in [5.74, 6) is 2.27. The van der Waals surface area contributed by atoms with Gasteiger partial charge in [0.1, 0.15) is 0 Å². The molecule has 1 saturated carbocycles. The van der Waals surface area contributed by atoms with Gasteiger partial charge >= 0.3 is 0 Å². The lowest BCUT2D eigenvalue weighted by atomic mass is 10.0. The summed E-state index contributed by atoms with van der Waals surface area (Å²) in [7, 11) is 0. The molecule has 90 valence electrons. The Morgan fingerprint density at radius 3 is 2.60 bits per heavy atom. The van der Waals surface area contributed by atoms with Crippen LogP contribution in [0.3, 0.4) is 0 Å². The lowest BCUT2D eigenvalue weighted by Crippen LogP contribution is -2.32. The molecule has 1 aliphatic rings. The average Bonchev–Trinajstić information content (AvgIpc) is 2.51. The van der Waals surface area contributed by atoms with Crippen molar-refractivity contribution in [2.45, 2.75) is 64.2 Å². The molecule has 1 aliphatic carbocycles. The number of nitrogens with one attached hydrogen (secondary N) is 1. The summed E-state index contributed by atoms with van der Waals surface area (Å²) in [6.07, 6.45) is 5.68. The smallest absolute Gasteiger partial charge is 0.00955 e. The first-order valence-corrected chi connectivity index (χ1v) is 7.39. The van der Waals surface area contributed by atoms with Crippen molar-refractivity contribution < 1.29 is 0 Å². The fourth-order valence-corrected chi connectivity index (χ4v) is 3.46. The number of thioether (sulfide) groups is 1. The minimum atomic E-state index is 0.437. The maximum atomic E-state index is 3.63. The van der Waals surface area contributed by atoms with Crippen molar-refractivity contribution in [3.8, 4) is 0 Å². The van der Waals surface area contributed by atoms with Crippen molar-refractivity contribution in [3.05, 3.63) is 0 Å². The standard InChI is InChI=1S/C13H27NS/c1-5-14-12-8-6-7-11(12)9-10-15-13(2,3)4/h11-12,14H,5-10H2,1-4H3. The quantitative estimate of drug-likeness (QED) is 0.772. The van der Waals surface area contributed by atoms with Gasteiger partial charge in [0.25, 0.3) is 0 Å². The molecule has 2 atom stereocenters. The molecule has 0 amide bonds. The molecule has 0 aliphatic heterocycles. The molecule has 0 aromatic heterocycles. The zero-order chi connectivity index (χ0) is 11.3. The second-order valence-electron chi connectivity index (χ2n) is 5.60. The summed E-state index contributed by atoms with van der Waals surface area (Å²) in [5.41, 5.74) is 0. The van der Waals surface area contributed by atoms with E-state index >= 15 is 0 Å². The SMILES string of the molecule is CCNC1CCCC1CCSC(C)(C)C. The minimum absolute atomic E-state index is 0.437. The van der Waals surface area contributed by atoms with Gasteiger partial charge < -0.3 is 5.32 Å². The molecule has 1 nitrogen and oxygen atoms in total. The van der Waals surface area contributed by atoms with Gasteiger partial charge in [-0.3, -0.25) is 0 Å². The van der Waals surface area contributed by atoms with Gasteiger partial charge in [0, 0.05) is 10.8 Å². The first-order valence-electron chi connectivity index (χ1n) is 6.40. The molecule has 0 spiro atoms. The van der Waals surface area contributed by atoms with E-state index in [0.29, 0.717) is 4.75 Å². The molecule has 0 aromatic rings. The molecular formula is C13H27NS. The maximum Gasteiger partial charge on any atom is 0.00955 e. The largest absolute Gasteiger partial charge is 0.314 e. The van der Waals surface area contributed by atoms with E-state index in [1.807, 2.05) is 0 Å². The Morgan fingerprint density at radius 1 is 1.27 bits per heavy atom. The van der Waals surface area contributed by atoms with E-state index in [9.17, 15) is 0 Å². The van der Waals surface area contributed by atoms with E-state index in [-0.39, 0.29) is 0 Å². The summed E-state index contributed by atoms with van der Waals surface area (Å²) < 4.78 is 0.437. The molecule has 2 heteroatoms. The van der Waals surface area contributed by atoms with Crippen LogP contribution in [-0.2, 0) is 0 Å². The van der Waals surface area contributed by atoms with Crippen LogP contribution >= 0.6 is 11.8 Å². The highest BCUT2D eigenvalue weighted by Crippen LogP contribution is 2.32. The predicted octanol–water partition coefficient (Wildman–Crippen LogP) is 3.69. The summed E-state index contributed by atoms with van der Waals surface area (Å²) in [6.45, 7) is 10.3. The highest BCUT2D eigenvalue weighted by molar-refractivity contribution is 8.00. The van der Waals surface area contributed by atoms with E-state index in [1.165, 1.54) is 31.4 Å². The van der Waals surface area contributed by atoms with Crippen molar-refractivity contribution in [3.63, 3.8) is 0 Å². The molecule has 0 bridgehead atoms. The normalized spacial score (nSPS) is 27.2. The Balaban J connectivity index is 2.20. The summed E-state index contributed by atoms with van der Waals surface area (Å²) in [4.78, 5) is 0. The van der Waals surface area contributed by atoms with Crippen LogP contribution in [0.5, 0.6) is 0 Å². The third kappa shape index (κ3) is 5.26. The van der Waals surface area contributed by atoms with Crippen LogP contribution in [0.4, 0.5) is 0 Å². The van der Waals surface area contributed by atoms with Gasteiger partial charge in [0.05, 0.1) is 0 Å². The van der Waals surface area contributed by atoms with Gasteiger partial charge in [-0.15, -0.1) is 0 Å². The van der Waals surface area contributed by atoms with E-state index < -0.39 is 0 Å². The van der Waals surface area contributed by atoms with E-state index in [1.54, 1.807) is 0 Å². The third-order valence-electron chi connectivity index (χ3n) is 3.15. The molecule has 0 heterocycles. The fraction of sp³-hybridized carbons (Fsp3) is 1.00. The molecule has 0 radical (unpaired) electrons. The molecule has 1 rings (SSSR count). The molecule has 15 heavy (non-hydrogen) atoms. The van der Waals surface area contributed by atoms with Crippen LogP contribution in [0.25, 0.3) is 0 Å². The number of rotatable bonds is 5. The zero-order valence-electron chi connectivity index (χ0n) is 10.8. The molecule has 2 unspecified atom stereocenters. The Bertz CT molecular complexity index is 174. The molecule has 0 saturated heterocycles. The van der Waals surface area contributed by atoms with Crippen LogP contribution in [0.1, 0.15) is 53.4 Å². The average molecular weight is 229 g/mol. The molecule has 1 fully saturated rings. The Morgan fingerprint density at radius 2 is 2.00 bits per heavy atom. The van der Waals surface area contributed by atoms with Gasteiger partial charge in [-0.1, -0.05) is 34.1 Å². The van der Waals surface area contributed by atoms with E-state index in [2.05, 4.69) is 44.8 Å². The molecule has 1 N–H and O–H groups in total. The highest BCUT2D eigenvalue weighted by atomic mass is 32.2. The Labute approximate surface area is 99.8 Å². The van der Waals surface area contributed by atoms with Gasteiger partial charge in [-0.2, -0.15) is 11.8 Å². The highest BCUT2D eigenvalue weighted by Gasteiger charge is 2.26. The Hall–Kier alpha value is 0.310. The van der Waals surface area contributed by atoms with Gasteiger partial charge in [-0.05, 0) is 37.5 Å². The van der Waals surface area contributed by atoms with E-state index in [4.69, 9.17) is 0 Å². The lowest BCUT2D eigenvalue weighted by molar-refractivity contribution is 0.400. The first kappa shape index (κ1) is 13.4. The van der Waals surface area contributed by atoms with Crippen molar-refractivity contribution in [1.82, 2.24) is 5.32 Å². The van der Waals surface area contributed by atoms with Gasteiger partial charge in [0.15, 0.2) is 0 Å². The second-order valence-corrected chi connectivity index (χ2v) is 7.53. The predicted molar refractivity (Wildman–Crippen MR) is 71.6 cm³/mol. The minimum Gasteiger partial charge on any atom is -0.314 e. The van der Waals surface area contributed by atoms with Gasteiger partial charge in [-0.25, -0.2) is 0 Å². The Kier molecular flexibility index (Phi) is 5.48. The van der Waals surface area contributed by atoms with Crippen LogP contribution in [0, 0.1) is 5.92 Å². The lowest BCUT2D eigenvalue weighted by Gasteiger charge is -2.23. The van der Waals surface area contributed by atoms with Crippen molar-refractivity contribution >= 4 is 11.8 Å².